The normalized spacial score (nSPS) is 15.3. The first-order valence-corrected chi connectivity index (χ1v) is 4.43. The van der Waals surface area contributed by atoms with E-state index in [-0.39, 0.29) is 0 Å². The molecule has 1 atom stereocenters. The summed E-state index contributed by atoms with van der Waals surface area (Å²) in [6.45, 7) is 5.91. The summed E-state index contributed by atoms with van der Waals surface area (Å²) in [6, 6.07) is 0. The molecule has 0 amide bonds. The Morgan fingerprint density at radius 3 is 2.45 bits per heavy atom. The SMILES string of the molecule is CC(C)=CCCC(C)(O)C=[Si]. The summed E-state index contributed by atoms with van der Waals surface area (Å²) in [4.78, 5) is 0. The summed E-state index contributed by atoms with van der Waals surface area (Å²) >= 11 is 0. The molecule has 0 fully saturated rings. The lowest BCUT2D eigenvalue weighted by atomic mass is 10.0. The van der Waals surface area contributed by atoms with E-state index in [1.54, 1.807) is 12.6 Å². The Kier molecular flexibility index (Phi) is 4.53. The zero-order valence-electron chi connectivity index (χ0n) is 7.52. The van der Waals surface area contributed by atoms with E-state index in [0.29, 0.717) is 0 Å². The van der Waals surface area contributed by atoms with Crippen LogP contribution in [0.15, 0.2) is 11.6 Å². The summed E-state index contributed by atoms with van der Waals surface area (Å²) in [7, 11) is 3.19. The summed E-state index contributed by atoms with van der Waals surface area (Å²) in [5, 5.41) is 9.50. The molecule has 0 rings (SSSR count). The maximum Gasteiger partial charge on any atom is 0.0764 e. The lowest BCUT2D eigenvalue weighted by molar-refractivity contribution is 0.131. The van der Waals surface area contributed by atoms with Crippen molar-refractivity contribution in [2.75, 3.05) is 0 Å². The van der Waals surface area contributed by atoms with Gasteiger partial charge in [0.2, 0.25) is 0 Å². The van der Waals surface area contributed by atoms with Crippen molar-refractivity contribution in [3.63, 3.8) is 0 Å². The lowest BCUT2D eigenvalue weighted by Crippen LogP contribution is -2.25. The highest BCUT2D eigenvalue weighted by atomic mass is 28.1. The average molecular weight is 168 g/mol. The molecule has 1 nitrogen and oxygen atoms in total. The largest absolute Gasteiger partial charge is 0.386 e. The molecule has 0 bridgehead atoms. The van der Waals surface area contributed by atoms with E-state index in [4.69, 9.17) is 0 Å². The van der Waals surface area contributed by atoms with Gasteiger partial charge in [-0.3, -0.25) is 0 Å². The molecule has 62 valence electrons. The third-order valence-electron chi connectivity index (χ3n) is 1.51. The van der Waals surface area contributed by atoms with Crippen LogP contribution in [0.3, 0.4) is 0 Å². The second kappa shape index (κ2) is 4.62. The van der Waals surface area contributed by atoms with E-state index in [0.717, 1.165) is 12.8 Å². The summed E-state index contributed by atoms with van der Waals surface area (Å²) in [5.74, 6) is 0. The first-order chi connectivity index (χ1) is 4.98. The number of aliphatic hydroxyl groups is 1. The van der Waals surface area contributed by atoms with E-state index in [1.807, 2.05) is 0 Å². The molecule has 0 aliphatic heterocycles. The molecule has 1 unspecified atom stereocenters. The lowest BCUT2D eigenvalue weighted by Gasteiger charge is -2.16. The summed E-state index contributed by atoms with van der Waals surface area (Å²) < 4.78 is 0. The van der Waals surface area contributed by atoms with Gasteiger partial charge in [-0.25, -0.2) is 0 Å². The Morgan fingerprint density at radius 2 is 2.09 bits per heavy atom. The van der Waals surface area contributed by atoms with Gasteiger partial charge >= 0.3 is 0 Å². The van der Waals surface area contributed by atoms with Crippen molar-refractivity contribution in [1.29, 1.82) is 0 Å². The van der Waals surface area contributed by atoms with Crippen LogP contribution in [0.2, 0.25) is 0 Å². The second-order valence-corrected chi connectivity index (χ2v) is 3.61. The van der Waals surface area contributed by atoms with Gasteiger partial charge < -0.3 is 5.11 Å². The van der Waals surface area contributed by atoms with E-state index in [9.17, 15) is 5.11 Å². The van der Waals surface area contributed by atoms with Crippen LogP contribution >= 0.6 is 0 Å². The zero-order valence-corrected chi connectivity index (χ0v) is 8.52. The van der Waals surface area contributed by atoms with Gasteiger partial charge in [0.05, 0.1) is 5.60 Å². The van der Waals surface area contributed by atoms with E-state index in [2.05, 4.69) is 29.8 Å². The first-order valence-electron chi connectivity index (χ1n) is 3.85. The van der Waals surface area contributed by atoms with Crippen LogP contribution in [0, 0.1) is 0 Å². The second-order valence-electron chi connectivity index (χ2n) is 3.32. The number of hydrogen-bond acceptors (Lipinski definition) is 1. The fourth-order valence-corrected chi connectivity index (χ4v) is 0.870. The van der Waals surface area contributed by atoms with Gasteiger partial charge in [-0.05, 0) is 33.6 Å². The van der Waals surface area contributed by atoms with Crippen molar-refractivity contribution >= 4 is 15.5 Å². The molecule has 0 aliphatic rings. The maximum atomic E-state index is 9.50. The molecule has 0 aliphatic carbocycles. The van der Waals surface area contributed by atoms with Crippen LogP contribution in [0.4, 0.5) is 0 Å². The third kappa shape index (κ3) is 6.20. The number of allylic oxidation sites excluding steroid dienone is 2. The Morgan fingerprint density at radius 1 is 1.55 bits per heavy atom. The van der Waals surface area contributed by atoms with Gasteiger partial charge in [0.1, 0.15) is 0 Å². The highest BCUT2D eigenvalue weighted by Gasteiger charge is 2.12. The zero-order chi connectivity index (χ0) is 8.91. The molecule has 0 aromatic rings. The van der Waals surface area contributed by atoms with Crippen molar-refractivity contribution in [2.24, 2.45) is 0 Å². The standard InChI is InChI=1S/C9H16OSi/c1-8(2)5-4-6-9(3,10)7-11/h5,7,10H,4,6H2,1-3H3. The fraction of sp³-hybridized carbons (Fsp3) is 0.667. The van der Waals surface area contributed by atoms with Gasteiger partial charge in [0.15, 0.2) is 0 Å². The molecule has 0 aromatic heterocycles. The van der Waals surface area contributed by atoms with Gasteiger partial charge in [0.25, 0.3) is 0 Å². The molecule has 0 saturated heterocycles. The number of hydrogen-bond donors (Lipinski definition) is 1. The van der Waals surface area contributed by atoms with Crippen molar-refractivity contribution in [2.45, 2.75) is 39.2 Å². The van der Waals surface area contributed by atoms with Crippen molar-refractivity contribution < 1.29 is 5.11 Å². The average Bonchev–Trinajstić information content (AvgIpc) is 1.87. The van der Waals surface area contributed by atoms with Crippen LogP contribution in [0.5, 0.6) is 0 Å². The number of rotatable bonds is 4. The van der Waals surface area contributed by atoms with Crippen molar-refractivity contribution in [1.82, 2.24) is 0 Å². The van der Waals surface area contributed by atoms with Crippen LogP contribution in [-0.4, -0.2) is 26.2 Å². The minimum absolute atomic E-state index is 0.678. The smallest absolute Gasteiger partial charge is 0.0764 e. The Hall–Kier alpha value is -0.213. The topological polar surface area (TPSA) is 20.2 Å². The molecule has 2 radical (unpaired) electrons. The van der Waals surface area contributed by atoms with E-state index < -0.39 is 5.60 Å². The highest BCUT2D eigenvalue weighted by Crippen LogP contribution is 2.09. The minimum Gasteiger partial charge on any atom is -0.386 e. The Bertz CT molecular complexity index is 155. The Balaban J connectivity index is 3.71. The molecular formula is C9H16OSi. The highest BCUT2D eigenvalue weighted by molar-refractivity contribution is 6.29. The van der Waals surface area contributed by atoms with Gasteiger partial charge in [0, 0.05) is 9.85 Å². The molecular weight excluding hydrogens is 152 g/mol. The molecule has 1 N–H and O–H groups in total. The van der Waals surface area contributed by atoms with Crippen molar-refractivity contribution in [3.8, 4) is 0 Å². The van der Waals surface area contributed by atoms with E-state index in [1.165, 1.54) is 5.57 Å². The molecule has 11 heavy (non-hydrogen) atoms. The molecule has 0 spiro atoms. The Labute approximate surface area is 72.2 Å². The van der Waals surface area contributed by atoms with Crippen LogP contribution < -0.4 is 0 Å². The summed E-state index contributed by atoms with van der Waals surface area (Å²) in [6.07, 6.45) is 3.82. The maximum absolute atomic E-state index is 9.50. The molecule has 2 heteroatoms. The van der Waals surface area contributed by atoms with Crippen LogP contribution in [0.25, 0.3) is 0 Å². The molecule has 0 heterocycles. The molecule has 0 aromatic carbocycles. The van der Waals surface area contributed by atoms with Gasteiger partial charge in [-0.15, -0.1) is 0 Å². The van der Waals surface area contributed by atoms with Crippen LogP contribution in [-0.2, 0) is 0 Å². The predicted octanol–water partition coefficient (Wildman–Crippen LogP) is 1.45. The minimum atomic E-state index is -0.678. The third-order valence-corrected chi connectivity index (χ3v) is 2.14. The van der Waals surface area contributed by atoms with Crippen molar-refractivity contribution in [3.05, 3.63) is 11.6 Å². The van der Waals surface area contributed by atoms with Gasteiger partial charge in [-0.2, -0.15) is 0 Å². The fourth-order valence-electron chi connectivity index (χ4n) is 0.725. The van der Waals surface area contributed by atoms with E-state index >= 15 is 0 Å². The first kappa shape index (κ1) is 10.8. The van der Waals surface area contributed by atoms with Gasteiger partial charge in [-0.1, -0.05) is 17.3 Å². The predicted molar refractivity (Wildman–Crippen MR) is 51.1 cm³/mol. The molecule has 0 saturated carbocycles. The van der Waals surface area contributed by atoms with Crippen LogP contribution in [0.1, 0.15) is 33.6 Å². The monoisotopic (exact) mass is 168 g/mol. The quantitative estimate of drug-likeness (QED) is 0.497. The summed E-state index contributed by atoms with van der Waals surface area (Å²) in [5.41, 5.74) is 2.27.